The Morgan fingerprint density at radius 3 is 2.42 bits per heavy atom. The zero-order chi connectivity index (χ0) is 26.3. The molecule has 0 radical (unpaired) electrons. The third-order valence-electron chi connectivity index (χ3n) is 8.14. The van der Waals surface area contributed by atoms with Gasteiger partial charge in [0, 0.05) is 57.5 Å². The van der Waals surface area contributed by atoms with E-state index in [9.17, 15) is 13.0 Å². The van der Waals surface area contributed by atoms with Gasteiger partial charge in [-0.3, -0.25) is 4.90 Å². The van der Waals surface area contributed by atoms with Crippen molar-refractivity contribution < 1.29 is 13.0 Å². The number of benzene rings is 1. The van der Waals surface area contributed by atoms with Crippen molar-refractivity contribution in [3.8, 4) is 17.1 Å². The van der Waals surface area contributed by atoms with Crippen molar-refractivity contribution in [1.29, 1.82) is 0 Å². The van der Waals surface area contributed by atoms with Crippen molar-refractivity contribution in [1.82, 2.24) is 24.9 Å². The third kappa shape index (κ3) is 5.58. The molecule has 1 N–H and O–H groups in total. The number of piperidine rings is 2. The van der Waals surface area contributed by atoms with E-state index in [-0.39, 0.29) is 12.8 Å². The molecule has 202 valence electrons. The molecule has 1 aliphatic carbocycles. The molecule has 38 heavy (non-hydrogen) atoms. The van der Waals surface area contributed by atoms with Gasteiger partial charge in [0.1, 0.15) is 16.7 Å². The van der Waals surface area contributed by atoms with E-state index in [2.05, 4.69) is 19.9 Å². The van der Waals surface area contributed by atoms with Crippen LogP contribution in [0.5, 0.6) is 0 Å². The molecule has 8 nitrogen and oxygen atoms in total. The van der Waals surface area contributed by atoms with Crippen LogP contribution in [0.1, 0.15) is 44.2 Å². The molecule has 1 unspecified atom stereocenters. The fourth-order valence-corrected chi connectivity index (χ4v) is 6.03. The second-order valence-electron chi connectivity index (χ2n) is 10.9. The second kappa shape index (κ2) is 10.00. The number of nitrogens with zero attached hydrogens (tertiary/aromatic N) is 6. The summed E-state index contributed by atoms with van der Waals surface area (Å²) in [5, 5.41) is 8.85. The van der Waals surface area contributed by atoms with E-state index >= 15 is 0 Å². The van der Waals surface area contributed by atoms with E-state index in [4.69, 9.17) is 4.98 Å². The van der Waals surface area contributed by atoms with Gasteiger partial charge in [-0.2, -0.15) is 0 Å². The first kappa shape index (κ1) is 25.4. The summed E-state index contributed by atoms with van der Waals surface area (Å²) in [5.74, 6) is -2.56. The predicted molar refractivity (Wildman–Crippen MR) is 145 cm³/mol. The molecular weight excluding hydrogens is 508 g/mol. The lowest BCUT2D eigenvalue weighted by molar-refractivity contribution is -0.0568. The van der Waals surface area contributed by atoms with Crippen LogP contribution >= 0.6 is 0 Å². The Balaban J connectivity index is 1.23. The number of halogens is 2. The highest BCUT2D eigenvalue weighted by atomic mass is 32.2. The Bertz CT molecular complexity index is 1320. The molecule has 2 aromatic heterocycles. The largest absolute Gasteiger partial charge is 0.370 e. The van der Waals surface area contributed by atoms with Gasteiger partial charge in [0.25, 0.3) is 5.92 Å². The lowest BCUT2D eigenvalue weighted by Crippen LogP contribution is -2.38. The van der Waals surface area contributed by atoms with Crippen LogP contribution in [-0.2, 0) is 17.5 Å². The van der Waals surface area contributed by atoms with Gasteiger partial charge in [-0.15, -0.1) is 5.10 Å². The fourth-order valence-electron chi connectivity index (χ4n) is 5.58. The maximum Gasteiger partial charge on any atom is 0.250 e. The van der Waals surface area contributed by atoms with E-state index in [1.165, 1.54) is 25.7 Å². The number of rotatable bonds is 7. The summed E-state index contributed by atoms with van der Waals surface area (Å²) in [7, 11) is -1.17. The molecule has 1 aromatic carbocycles. The first-order chi connectivity index (χ1) is 18.3. The van der Waals surface area contributed by atoms with Crippen LogP contribution in [0.4, 0.5) is 20.2 Å². The molecular formula is C27H33F2N7OS. The summed E-state index contributed by atoms with van der Waals surface area (Å²) >= 11 is 0. The van der Waals surface area contributed by atoms with E-state index in [0.29, 0.717) is 36.4 Å². The van der Waals surface area contributed by atoms with Crippen molar-refractivity contribution >= 4 is 22.4 Å². The molecule has 2 aliphatic heterocycles. The number of hydrogen-bond acceptors (Lipinski definition) is 6. The lowest BCUT2D eigenvalue weighted by Gasteiger charge is -2.35. The summed E-state index contributed by atoms with van der Waals surface area (Å²) in [5.41, 5.74) is 5.49. The van der Waals surface area contributed by atoms with Crippen LogP contribution < -0.4 is 9.62 Å². The minimum absolute atomic E-state index is 0.107. The van der Waals surface area contributed by atoms with E-state index in [1.54, 1.807) is 10.9 Å². The van der Waals surface area contributed by atoms with Gasteiger partial charge >= 0.3 is 0 Å². The zero-order valence-electron chi connectivity index (χ0n) is 21.6. The van der Waals surface area contributed by atoms with Crippen LogP contribution in [0, 0.1) is 5.41 Å². The molecule has 1 spiro atoms. The van der Waals surface area contributed by atoms with Crippen LogP contribution in [0.2, 0.25) is 0 Å². The summed E-state index contributed by atoms with van der Waals surface area (Å²) in [6, 6.07) is 11.7. The van der Waals surface area contributed by atoms with E-state index in [1.807, 2.05) is 47.5 Å². The Morgan fingerprint density at radius 2 is 1.71 bits per heavy atom. The summed E-state index contributed by atoms with van der Waals surface area (Å²) in [6.07, 6.45) is 8.35. The van der Waals surface area contributed by atoms with Crippen LogP contribution in [0.25, 0.3) is 17.1 Å². The SMILES string of the molecule is CS(=O)Nc1ccc(-n2cc(-c3cccc(CN4CCC(F)(F)CC4)n3)nn2)c(N2CCC3(CC2)CC3)c1. The highest BCUT2D eigenvalue weighted by Gasteiger charge is 2.44. The number of likely N-dealkylation sites (tertiary alicyclic amines) is 1. The molecule has 11 heteroatoms. The van der Waals surface area contributed by atoms with Gasteiger partial charge in [0.05, 0.1) is 29.0 Å². The summed E-state index contributed by atoms with van der Waals surface area (Å²) in [4.78, 5) is 9.18. The molecule has 1 saturated carbocycles. The number of nitrogens with one attached hydrogen (secondary N) is 1. The molecule has 2 saturated heterocycles. The minimum atomic E-state index is -2.56. The van der Waals surface area contributed by atoms with Crippen molar-refractivity contribution in [2.45, 2.75) is 51.0 Å². The van der Waals surface area contributed by atoms with Crippen LogP contribution in [0.3, 0.4) is 0 Å². The average Bonchev–Trinajstić information content (AvgIpc) is 3.46. The highest BCUT2D eigenvalue weighted by molar-refractivity contribution is 7.85. The van der Waals surface area contributed by atoms with Crippen LogP contribution in [-0.4, -0.2) is 67.4 Å². The molecule has 1 atom stereocenters. The molecule has 6 rings (SSSR count). The smallest absolute Gasteiger partial charge is 0.250 e. The van der Waals surface area contributed by atoms with E-state index in [0.717, 1.165) is 35.8 Å². The van der Waals surface area contributed by atoms with Crippen molar-refractivity contribution in [2.24, 2.45) is 5.41 Å². The molecule has 4 heterocycles. The third-order valence-corrected chi connectivity index (χ3v) is 8.66. The minimum Gasteiger partial charge on any atom is -0.370 e. The number of pyridine rings is 1. The van der Waals surface area contributed by atoms with Gasteiger partial charge < -0.3 is 9.62 Å². The standard InChI is InChI=1S/C27H33F2N7OS/c1-38(37)32-20-5-6-24(25(17-20)35-15-9-26(7-8-26)10-16-35)36-19-23(31-33-36)22-4-2-3-21(30-22)18-34-13-11-27(28,29)12-14-34/h2-6,17,19,32H,7-16,18H2,1H3. The normalized spacial score (nSPS) is 21.4. The first-order valence-electron chi connectivity index (χ1n) is 13.3. The molecule has 3 fully saturated rings. The summed E-state index contributed by atoms with van der Waals surface area (Å²) < 4.78 is 43.6. The number of hydrogen-bond donors (Lipinski definition) is 1. The topological polar surface area (TPSA) is 79.2 Å². The highest BCUT2D eigenvalue weighted by Crippen LogP contribution is 2.54. The first-order valence-corrected chi connectivity index (χ1v) is 14.8. The van der Waals surface area contributed by atoms with E-state index < -0.39 is 16.9 Å². The molecule has 3 aliphatic rings. The maximum atomic E-state index is 13.5. The van der Waals surface area contributed by atoms with Gasteiger partial charge in [-0.1, -0.05) is 11.3 Å². The fraction of sp³-hybridized carbons (Fsp3) is 0.519. The quantitative estimate of drug-likeness (QED) is 0.469. The lowest BCUT2D eigenvalue weighted by atomic mass is 9.93. The zero-order valence-corrected chi connectivity index (χ0v) is 22.4. The van der Waals surface area contributed by atoms with Gasteiger partial charge in [-0.05, 0) is 61.4 Å². The number of aromatic nitrogens is 4. The van der Waals surface area contributed by atoms with Crippen molar-refractivity contribution in [3.05, 3.63) is 48.3 Å². The average molecular weight is 542 g/mol. The van der Waals surface area contributed by atoms with Gasteiger partial charge in [-0.25, -0.2) is 22.7 Å². The Labute approximate surface area is 224 Å². The number of anilines is 2. The Hall–Kier alpha value is -2.92. The Morgan fingerprint density at radius 1 is 0.947 bits per heavy atom. The Kier molecular flexibility index (Phi) is 6.67. The molecule has 0 bridgehead atoms. The number of alkyl halides is 2. The molecule has 0 amide bonds. The molecule has 3 aromatic rings. The summed E-state index contributed by atoms with van der Waals surface area (Å²) in [6.45, 7) is 3.24. The van der Waals surface area contributed by atoms with Crippen molar-refractivity contribution in [2.75, 3.05) is 42.1 Å². The van der Waals surface area contributed by atoms with Gasteiger partial charge in [0.15, 0.2) is 0 Å². The monoisotopic (exact) mass is 541 g/mol. The maximum absolute atomic E-state index is 13.5. The van der Waals surface area contributed by atoms with Crippen molar-refractivity contribution in [3.63, 3.8) is 0 Å². The van der Waals surface area contributed by atoms with Gasteiger partial charge in [0.2, 0.25) is 0 Å². The van der Waals surface area contributed by atoms with Crippen LogP contribution in [0.15, 0.2) is 42.6 Å². The predicted octanol–water partition coefficient (Wildman–Crippen LogP) is 4.65. The second-order valence-corrected chi connectivity index (χ2v) is 12.1.